The molecule has 39 heavy (non-hydrogen) atoms. The van der Waals surface area contributed by atoms with Gasteiger partial charge in [-0.3, -0.25) is 13.9 Å². The van der Waals surface area contributed by atoms with E-state index in [9.17, 15) is 18.0 Å². The number of hydrogen-bond acceptors (Lipinski definition) is 6. The van der Waals surface area contributed by atoms with Crippen LogP contribution in [0, 0.1) is 0 Å². The molecule has 9 nitrogen and oxygen atoms in total. The number of nitrogens with one attached hydrogen (secondary N) is 1. The van der Waals surface area contributed by atoms with Crippen LogP contribution in [0.2, 0.25) is 10.0 Å². The van der Waals surface area contributed by atoms with Crippen molar-refractivity contribution in [2.24, 2.45) is 0 Å². The number of amides is 2. The summed E-state index contributed by atoms with van der Waals surface area (Å²) in [7, 11) is -3.64. The highest BCUT2D eigenvalue weighted by Crippen LogP contribution is 2.35. The molecule has 1 aliphatic rings. The van der Waals surface area contributed by atoms with Crippen molar-refractivity contribution < 1.29 is 27.5 Å². The first-order valence-electron chi connectivity index (χ1n) is 12.9. The van der Waals surface area contributed by atoms with Crippen molar-refractivity contribution in [1.29, 1.82) is 0 Å². The normalized spacial score (nSPS) is 13.5. The largest absolute Gasteiger partial charge is 0.486 e. The van der Waals surface area contributed by atoms with E-state index in [1.165, 1.54) is 9.21 Å². The van der Waals surface area contributed by atoms with Crippen LogP contribution in [-0.2, 0) is 26.2 Å². The van der Waals surface area contributed by atoms with E-state index in [1.807, 2.05) is 6.92 Å². The van der Waals surface area contributed by atoms with E-state index in [0.717, 1.165) is 24.7 Å². The number of anilines is 1. The summed E-state index contributed by atoms with van der Waals surface area (Å²) in [5, 5.41) is 3.62. The SMILES string of the molecule is CCCCNC(=O)[C@@H](C)N(Cc1ccc(Cl)c(Cl)c1)C(=O)CCCN(c1ccc2c(c1)OCCO2)S(C)(=O)=O. The summed E-state index contributed by atoms with van der Waals surface area (Å²) in [5.74, 6) is 0.484. The fraction of sp³-hybridized carbons (Fsp3) is 0.481. The van der Waals surface area contributed by atoms with Crippen LogP contribution in [0.15, 0.2) is 36.4 Å². The first-order valence-corrected chi connectivity index (χ1v) is 15.5. The van der Waals surface area contributed by atoms with Gasteiger partial charge < -0.3 is 19.7 Å². The molecule has 0 fully saturated rings. The number of fused-ring (bicyclic) bond motifs is 1. The Morgan fingerprint density at radius 3 is 2.41 bits per heavy atom. The zero-order chi connectivity index (χ0) is 28.6. The van der Waals surface area contributed by atoms with E-state index in [0.29, 0.717) is 47.0 Å². The van der Waals surface area contributed by atoms with Gasteiger partial charge in [0.05, 0.1) is 22.0 Å². The third-order valence-electron chi connectivity index (χ3n) is 6.30. The maximum absolute atomic E-state index is 13.4. The summed E-state index contributed by atoms with van der Waals surface area (Å²) in [4.78, 5) is 27.7. The molecule has 3 rings (SSSR count). The molecule has 0 aliphatic carbocycles. The molecule has 0 radical (unpaired) electrons. The Balaban J connectivity index is 1.73. The fourth-order valence-electron chi connectivity index (χ4n) is 4.14. The van der Waals surface area contributed by atoms with Gasteiger partial charge >= 0.3 is 0 Å². The summed E-state index contributed by atoms with van der Waals surface area (Å²) in [6.07, 6.45) is 3.15. The molecule has 0 bridgehead atoms. The second-order valence-corrected chi connectivity index (χ2v) is 12.1. The number of carbonyl (C=O) groups excluding carboxylic acids is 2. The molecule has 1 aliphatic heterocycles. The molecule has 0 spiro atoms. The van der Waals surface area contributed by atoms with E-state index < -0.39 is 16.1 Å². The lowest BCUT2D eigenvalue weighted by Gasteiger charge is -2.29. The number of hydrogen-bond donors (Lipinski definition) is 1. The highest BCUT2D eigenvalue weighted by atomic mass is 35.5. The maximum Gasteiger partial charge on any atom is 0.242 e. The van der Waals surface area contributed by atoms with Crippen LogP contribution < -0.4 is 19.1 Å². The topological polar surface area (TPSA) is 105 Å². The van der Waals surface area contributed by atoms with Gasteiger partial charge in [0, 0.05) is 32.1 Å². The van der Waals surface area contributed by atoms with Crippen LogP contribution >= 0.6 is 23.2 Å². The summed E-state index contributed by atoms with van der Waals surface area (Å²) >= 11 is 12.2. The van der Waals surface area contributed by atoms with E-state index in [1.54, 1.807) is 43.3 Å². The molecule has 1 atom stereocenters. The second-order valence-electron chi connectivity index (χ2n) is 9.36. The number of unbranched alkanes of at least 4 members (excludes halogenated alkanes) is 1. The van der Waals surface area contributed by atoms with Crippen molar-refractivity contribution in [2.75, 3.05) is 36.9 Å². The minimum absolute atomic E-state index is 0.0322. The minimum Gasteiger partial charge on any atom is -0.486 e. The molecule has 0 unspecified atom stereocenters. The number of sulfonamides is 1. The predicted octanol–water partition coefficient (Wildman–Crippen LogP) is 4.64. The van der Waals surface area contributed by atoms with Gasteiger partial charge in [0.15, 0.2) is 11.5 Å². The molecule has 2 amide bonds. The van der Waals surface area contributed by atoms with E-state index >= 15 is 0 Å². The summed E-state index contributed by atoms with van der Waals surface area (Å²) in [6.45, 7) is 5.25. The Kier molecular flexibility index (Phi) is 11.1. The molecule has 2 aromatic carbocycles. The van der Waals surface area contributed by atoms with Crippen LogP contribution in [0.4, 0.5) is 5.69 Å². The number of carbonyl (C=O) groups is 2. The second kappa shape index (κ2) is 14.1. The van der Waals surface area contributed by atoms with E-state index in [2.05, 4.69) is 5.32 Å². The van der Waals surface area contributed by atoms with Crippen molar-refractivity contribution in [1.82, 2.24) is 10.2 Å². The molecule has 0 saturated carbocycles. The molecular weight excluding hydrogens is 565 g/mol. The van der Waals surface area contributed by atoms with Crippen molar-refractivity contribution in [3.8, 4) is 11.5 Å². The molecule has 214 valence electrons. The Morgan fingerprint density at radius 1 is 1.03 bits per heavy atom. The summed E-state index contributed by atoms with van der Waals surface area (Å²) in [5.41, 5.74) is 1.14. The molecule has 0 saturated heterocycles. The van der Waals surface area contributed by atoms with E-state index in [4.69, 9.17) is 32.7 Å². The van der Waals surface area contributed by atoms with Crippen LogP contribution in [0.25, 0.3) is 0 Å². The first kappa shape index (κ1) is 30.8. The van der Waals surface area contributed by atoms with Gasteiger partial charge in [-0.15, -0.1) is 0 Å². The standard InChI is InChI=1S/C27H35Cl2N3O6S/c1-4-5-12-30-27(34)19(2)31(18-20-8-10-22(28)23(29)16-20)26(33)7-6-13-32(39(3,35)36)21-9-11-24-25(17-21)38-15-14-37-24/h8-11,16-17,19H,4-7,12-15,18H2,1-3H3,(H,30,34)/t19-/m1/s1. The van der Waals surface area contributed by atoms with Crippen molar-refractivity contribution >= 4 is 50.7 Å². The summed E-state index contributed by atoms with van der Waals surface area (Å²) in [6, 6.07) is 9.26. The highest BCUT2D eigenvalue weighted by molar-refractivity contribution is 7.92. The van der Waals surface area contributed by atoms with Gasteiger partial charge in [0.25, 0.3) is 0 Å². The number of rotatable bonds is 13. The van der Waals surface area contributed by atoms with E-state index in [-0.39, 0.29) is 37.7 Å². The van der Waals surface area contributed by atoms with Crippen LogP contribution in [0.1, 0.15) is 45.1 Å². The Morgan fingerprint density at radius 2 is 1.74 bits per heavy atom. The van der Waals surface area contributed by atoms with Crippen LogP contribution in [0.3, 0.4) is 0 Å². The Labute approximate surface area is 240 Å². The quantitative estimate of drug-likeness (QED) is 0.336. The first-order chi connectivity index (χ1) is 18.5. The molecular formula is C27H35Cl2N3O6S. The highest BCUT2D eigenvalue weighted by Gasteiger charge is 2.27. The van der Waals surface area contributed by atoms with Crippen LogP contribution in [-0.4, -0.2) is 63.7 Å². The van der Waals surface area contributed by atoms with Gasteiger partial charge in [-0.1, -0.05) is 42.6 Å². The van der Waals surface area contributed by atoms with Crippen molar-refractivity contribution in [2.45, 2.75) is 52.1 Å². The predicted molar refractivity (Wildman–Crippen MR) is 153 cm³/mol. The minimum atomic E-state index is -3.64. The average Bonchev–Trinajstić information content (AvgIpc) is 2.90. The van der Waals surface area contributed by atoms with Gasteiger partial charge in [-0.25, -0.2) is 8.42 Å². The van der Waals surface area contributed by atoms with Gasteiger partial charge in [-0.05, 0) is 49.6 Å². The average molecular weight is 601 g/mol. The zero-order valence-corrected chi connectivity index (χ0v) is 24.7. The van der Waals surface area contributed by atoms with Crippen LogP contribution in [0.5, 0.6) is 11.5 Å². The lowest BCUT2D eigenvalue weighted by molar-refractivity contribution is -0.140. The molecule has 0 aromatic heterocycles. The third kappa shape index (κ3) is 8.65. The number of nitrogens with zero attached hydrogens (tertiary/aromatic N) is 2. The Hall–Kier alpha value is -2.69. The third-order valence-corrected chi connectivity index (χ3v) is 8.23. The van der Waals surface area contributed by atoms with Gasteiger partial charge in [0.2, 0.25) is 21.8 Å². The number of ether oxygens (including phenoxy) is 2. The number of benzene rings is 2. The lowest BCUT2D eigenvalue weighted by Crippen LogP contribution is -2.48. The fourth-order valence-corrected chi connectivity index (χ4v) is 5.42. The van der Waals surface area contributed by atoms with Crippen molar-refractivity contribution in [3.63, 3.8) is 0 Å². The molecule has 2 aromatic rings. The lowest BCUT2D eigenvalue weighted by atomic mass is 10.1. The van der Waals surface area contributed by atoms with Gasteiger partial charge in [0.1, 0.15) is 19.3 Å². The maximum atomic E-state index is 13.4. The monoisotopic (exact) mass is 599 g/mol. The summed E-state index contributed by atoms with van der Waals surface area (Å²) < 4.78 is 37.6. The molecule has 1 heterocycles. The molecule has 1 N–H and O–H groups in total. The smallest absolute Gasteiger partial charge is 0.242 e. The van der Waals surface area contributed by atoms with Crippen molar-refractivity contribution in [3.05, 3.63) is 52.0 Å². The zero-order valence-electron chi connectivity index (χ0n) is 22.4. The van der Waals surface area contributed by atoms with Gasteiger partial charge in [-0.2, -0.15) is 0 Å². The number of halogens is 2. The Bertz CT molecular complexity index is 1270. The molecule has 12 heteroatoms.